The molecule has 2 fully saturated rings. The number of morpholine rings is 1. The Balaban J connectivity index is 1.22. The lowest BCUT2D eigenvalue weighted by molar-refractivity contribution is -0.127. The lowest BCUT2D eigenvalue weighted by Crippen LogP contribution is -2.38. The molecule has 206 valence electrons. The zero-order valence-corrected chi connectivity index (χ0v) is 24.4. The van der Waals surface area contributed by atoms with Crippen molar-refractivity contribution in [1.82, 2.24) is 4.90 Å². The van der Waals surface area contributed by atoms with E-state index in [9.17, 15) is 14.4 Å². The van der Waals surface area contributed by atoms with Crippen molar-refractivity contribution >= 4 is 73.8 Å². The Bertz CT molecular complexity index is 1480. The Hall–Kier alpha value is -3.31. The fraction of sp³-hybridized carbons (Fsp3) is 0.207. The SMILES string of the molecule is O=C(CN1C(=O)S/C(=C/c2ccc(OCc3ccccc3Cl)c(Br)c2)C1=O)Nc1ccccc1N1CCOCC1. The van der Waals surface area contributed by atoms with Gasteiger partial charge in [0.25, 0.3) is 11.1 Å². The van der Waals surface area contributed by atoms with Gasteiger partial charge in [0.2, 0.25) is 5.91 Å². The van der Waals surface area contributed by atoms with Crippen molar-refractivity contribution in [3.05, 3.63) is 92.3 Å². The summed E-state index contributed by atoms with van der Waals surface area (Å²) >= 11 is 10.5. The first-order valence-corrected chi connectivity index (χ1v) is 14.5. The predicted octanol–water partition coefficient (Wildman–Crippen LogP) is 6.19. The number of hydrogen-bond donors (Lipinski definition) is 1. The van der Waals surface area contributed by atoms with Crippen molar-refractivity contribution in [2.45, 2.75) is 6.61 Å². The number of carbonyl (C=O) groups excluding carboxylic acids is 3. The molecule has 0 radical (unpaired) electrons. The molecule has 0 spiro atoms. The third kappa shape index (κ3) is 6.69. The molecule has 0 aliphatic carbocycles. The summed E-state index contributed by atoms with van der Waals surface area (Å²) in [6.07, 6.45) is 1.62. The third-order valence-electron chi connectivity index (χ3n) is 6.30. The summed E-state index contributed by atoms with van der Waals surface area (Å²) in [7, 11) is 0. The number of thioether (sulfide) groups is 1. The van der Waals surface area contributed by atoms with Gasteiger partial charge in [-0.05, 0) is 69.7 Å². The van der Waals surface area contributed by atoms with Crippen LogP contribution in [0.4, 0.5) is 16.2 Å². The number of nitrogens with one attached hydrogen (secondary N) is 1. The summed E-state index contributed by atoms with van der Waals surface area (Å²) in [6.45, 7) is 2.57. The molecule has 2 aliphatic heterocycles. The van der Waals surface area contributed by atoms with Crippen molar-refractivity contribution in [1.29, 1.82) is 0 Å². The summed E-state index contributed by atoms with van der Waals surface area (Å²) < 4.78 is 12.0. The average Bonchev–Trinajstić information content (AvgIpc) is 3.21. The highest BCUT2D eigenvalue weighted by Gasteiger charge is 2.36. The Morgan fingerprint density at radius 1 is 1.07 bits per heavy atom. The van der Waals surface area contributed by atoms with E-state index in [4.69, 9.17) is 21.1 Å². The van der Waals surface area contributed by atoms with E-state index in [-0.39, 0.29) is 11.4 Å². The molecule has 2 aliphatic rings. The van der Waals surface area contributed by atoms with Crippen molar-refractivity contribution < 1.29 is 23.9 Å². The van der Waals surface area contributed by atoms with Crippen molar-refractivity contribution in [3.63, 3.8) is 0 Å². The van der Waals surface area contributed by atoms with E-state index in [1.807, 2.05) is 36.4 Å². The van der Waals surface area contributed by atoms with E-state index in [1.165, 1.54) is 0 Å². The van der Waals surface area contributed by atoms with Crippen LogP contribution in [0, 0.1) is 0 Å². The monoisotopic (exact) mass is 641 g/mol. The molecule has 0 unspecified atom stereocenters. The maximum absolute atomic E-state index is 13.0. The highest BCUT2D eigenvalue weighted by molar-refractivity contribution is 9.10. The fourth-order valence-electron chi connectivity index (χ4n) is 4.28. The Labute approximate surface area is 249 Å². The first-order chi connectivity index (χ1) is 19.4. The third-order valence-corrected chi connectivity index (χ3v) is 8.20. The second-order valence-electron chi connectivity index (χ2n) is 9.00. The van der Waals surface area contributed by atoms with E-state index >= 15 is 0 Å². The average molecular weight is 643 g/mol. The van der Waals surface area contributed by atoms with Gasteiger partial charge in [-0.25, -0.2) is 0 Å². The number of hydrogen-bond acceptors (Lipinski definition) is 7. The Morgan fingerprint density at radius 2 is 1.82 bits per heavy atom. The van der Waals surface area contributed by atoms with E-state index in [2.05, 4.69) is 26.1 Å². The van der Waals surface area contributed by atoms with Crippen LogP contribution in [0.25, 0.3) is 6.08 Å². The first kappa shape index (κ1) is 28.2. The minimum Gasteiger partial charge on any atom is -0.488 e. The smallest absolute Gasteiger partial charge is 0.294 e. The van der Waals surface area contributed by atoms with Crippen LogP contribution < -0.4 is 15.0 Å². The molecule has 5 rings (SSSR count). The van der Waals surface area contributed by atoms with Crippen LogP contribution in [0.2, 0.25) is 5.02 Å². The summed E-state index contributed by atoms with van der Waals surface area (Å²) in [6, 6.07) is 20.3. The minimum atomic E-state index is -0.512. The molecule has 3 aromatic carbocycles. The molecule has 3 aromatic rings. The maximum Gasteiger partial charge on any atom is 0.294 e. The highest BCUT2D eigenvalue weighted by atomic mass is 79.9. The molecule has 40 heavy (non-hydrogen) atoms. The first-order valence-electron chi connectivity index (χ1n) is 12.5. The van der Waals surface area contributed by atoms with Gasteiger partial charge in [-0.15, -0.1) is 0 Å². The van der Waals surface area contributed by atoms with Gasteiger partial charge >= 0.3 is 0 Å². The molecule has 0 bridgehead atoms. The molecule has 2 saturated heterocycles. The van der Waals surface area contributed by atoms with E-state index in [1.54, 1.807) is 36.4 Å². The fourth-order valence-corrected chi connectivity index (χ4v) is 5.81. The number of anilines is 2. The molecule has 2 heterocycles. The van der Waals surface area contributed by atoms with E-state index < -0.39 is 17.1 Å². The van der Waals surface area contributed by atoms with Crippen LogP contribution in [0.15, 0.2) is 76.1 Å². The van der Waals surface area contributed by atoms with Crippen LogP contribution in [0.1, 0.15) is 11.1 Å². The quantitative estimate of drug-likeness (QED) is 0.293. The number of carbonyl (C=O) groups is 3. The Morgan fingerprint density at radius 3 is 2.60 bits per heavy atom. The zero-order valence-electron chi connectivity index (χ0n) is 21.3. The number of ether oxygens (including phenoxy) is 2. The van der Waals surface area contributed by atoms with Crippen molar-refractivity contribution in [2.75, 3.05) is 43.1 Å². The number of nitrogens with zero attached hydrogens (tertiary/aromatic N) is 2. The molecule has 0 saturated carbocycles. The van der Waals surface area contributed by atoms with Crippen LogP contribution in [0.3, 0.4) is 0 Å². The molecule has 1 N–H and O–H groups in total. The molecule has 0 atom stereocenters. The van der Waals surface area contributed by atoms with E-state index in [0.29, 0.717) is 59.4 Å². The second-order valence-corrected chi connectivity index (χ2v) is 11.3. The molecule has 11 heteroatoms. The number of rotatable bonds is 8. The van der Waals surface area contributed by atoms with Gasteiger partial charge in [-0.1, -0.05) is 48.0 Å². The van der Waals surface area contributed by atoms with Crippen molar-refractivity contribution in [3.8, 4) is 5.75 Å². The van der Waals surface area contributed by atoms with Crippen LogP contribution in [0.5, 0.6) is 5.75 Å². The van der Waals surface area contributed by atoms with Gasteiger partial charge in [-0.3, -0.25) is 19.3 Å². The van der Waals surface area contributed by atoms with Crippen LogP contribution in [-0.2, 0) is 20.9 Å². The summed E-state index contributed by atoms with van der Waals surface area (Å²) in [5.41, 5.74) is 3.06. The summed E-state index contributed by atoms with van der Waals surface area (Å²) in [5, 5.41) is 2.99. The predicted molar refractivity (Wildman–Crippen MR) is 161 cm³/mol. The highest BCUT2D eigenvalue weighted by Crippen LogP contribution is 2.34. The number of para-hydroxylation sites is 2. The molecule has 0 aromatic heterocycles. The molecule has 8 nitrogen and oxygen atoms in total. The molecule has 3 amide bonds. The largest absolute Gasteiger partial charge is 0.488 e. The number of imide groups is 1. The van der Waals surface area contributed by atoms with Gasteiger partial charge in [0, 0.05) is 23.7 Å². The van der Waals surface area contributed by atoms with Crippen LogP contribution >= 0.6 is 39.3 Å². The zero-order chi connectivity index (χ0) is 28.1. The second kappa shape index (κ2) is 12.9. The van der Waals surface area contributed by atoms with Gasteiger partial charge < -0.3 is 19.7 Å². The number of benzene rings is 3. The van der Waals surface area contributed by atoms with Gasteiger partial charge in [-0.2, -0.15) is 0 Å². The molecular formula is C29H25BrClN3O5S. The topological polar surface area (TPSA) is 88.2 Å². The number of amides is 3. The summed E-state index contributed by atoms with van der Waals surface area (Å²) in [5.74, 6) is -0.354. The summed E-state index contributed by atoms with van der Waals surface area (Å²) in [4.78, 5) is 41.9. The lowest BCUT2D eigenvalue weighted by Gasteiger charge is -2.30. The van der Waals surface area contributed by atoms with Crippen molar-refractivity contribution in [2.24, 2.45) is 0 Å². The Kier molecular flexibility index (Phi) is 9.11. The lowest BCUT2D eigenvalue weighted by atomic mass is 10.2. The minimum absolute atomic E-state index is 0.239. The standard InChI is InChI=1S/C29H25BrClN3O5S/c30-21-15-19(9-10-25(21)39-18-20-5-1-2-6-22(20)31)16-26-28(36)34(29(37)40-26)17-27(35)32-23-7-3-4-8-24(23)33-11-13-38-14-12-33/h1-10,15-16H,11-14,17-18H2,(H,32,35)/b26-16+. The number of halogens is 2. The maximum atomic E-state index is 13.0. The van der Waals surface area contributed by atoms with Gasteiger partial charge in [0.05, 0.1) is 34.0 Å². The van der Waals surface area contributed by atoms with Gasteiger partial charge in [0.15, 0.2) is 0 Å². The molecular weight excluding hydrogens is 618 g/mol. The normalized spacial score (nSPS) is 16.5. The van der Waals surface area contributed by atoms with E-state index in [0.717, 1.165) is 27.9 Å². The van der Waals surface area contributed by atoms with Gasteiger partial charge in [0.1, 0.15) is 18.9 Å². The van der Waals surface area contributed by atoms with Crippen LogP contribution in [-0.4, -0.2) is 54.8 Å².